The number of nitrogen functional groups attached to an aromatic ring is 1. The van der Waals surface area contributed by atoms with E-state index >= 15 is 0 Å². The number of anilines is 1. The number of hydrogen-bond donors (Lipinski definition) is 2. The SMILES string of the molecule is CC1CCC(NC(=O)c2cccnc2N)C1C. The van der Waals surface area contributed by atoms with Crippen LogP contribution in [-0.2, 0) is 0 Å². The van der Waals surface area contributed by atoms with Crippen LogP contribution < -0.4 is 11.1 Å². The Morgan fingerprint density at radius 2 is 2.24 bits per heavy atom. The highest BCUT2D eigenvalue weighted by Gasteiger charge is 2.31. The van der Waals surface area contributed by atoms with Gasteiger partial charge in [-0.15, -0.1) is 0 Å². The molecule has 0 aromatic carbocycles. The molecule has 0 radical (unpaired) electrons. The molecule has 1 aromatic rings. The van der Waals surface area contributed by atoms with Crippen molar-refractivity contribution in [3.05, 3.63) is 23.9 Å². The second-order valence-corrected chi connectivity index (χ2v) is 4.93. The Morgan fingerprint density at radius 3 is 2.82 bits per heavy atom. The molecule has 0 saturated heterocycles. The maximum Gasteiger partial charge on any atom is 0.255 e. The maximum absolute atomic E-state index is 12.0. The lowest BCUT2D eigenvalue weighted by Gasteiger charge is -2.19. The van der Waals surface area contributed by atoms with Crippen LogP contribution in [0.2, 0.25) is 0 Å². The van der Waals surface area contributed by atoms with Gasteiger partial charge in [0, 0.05) is 12.2 Å². The standard InChI is InChI=1S/C13H19N3O/c1-8-5-6-11(9(8)2)16-13(17)10-4-3-7-15-12(10)14/h3-4,7-9,11H,5-6H2,1-2H3,(H2,14,15)(H,16,17). The summed E-state index contributed by atoms with van der Waals surface area (Å²) in [7, 11) is 0. The predicted molar refractivity (Wildman–Crippen MR) is 67.5 cm³/mol. The van der Waals surface area contributed by atoms with Crippen LogP contribution >= 0.6 is 0 Å². The van der Waals surface area contributed by atoms with E-state index in [2.05, 4.69) is 24.1 Å². The van der Waals surface area contributed by atoms with E-state index in [9.17, 15) is 4.79 Å². The van der Waals surface area contributed by atoms with Crippen LogP contribution in [0.25, 0.3) is 0 Å². The Hall–Kier alpha value is -1.58. The Balaban J connectivity index is 2.05. The van der Waals surface area contributed by atoms with Crippen LogP contribution in [0.1, 0.15) is 37.0 Å². The minimum atomic E-state index is -0.110. The Kier molecular flexibility index (Phi) is 3.31. The normalized spacial score (nSPS) is 28.0. The van der Waals surface area contributed by atoms with E-state index in [0.717, 1.165) is 6.42 Å². The van der Waals surface area contributed by atoms with Gasteiger partial charge in [-0.25, -0.2) is 4.98 Å². The zero-order chi connectivity index (χ0) is 12.4. The second-order valence-electron chi connectivity index (χ2n) is 4.93. The number of aromatic nitrogens is 1. The van der Waals surface area contributed by atoms with Crippen molar-refractivity contribution in [2.75, 3.05) is 5.73 Å². The Labute approximate surface area is 102 Å². The first-order valence-electron chi connectivity index (χ1n) is 6.11. The highest BCUT2D eigenvalue weighted by atomic mass is 16.1. The van der Waals surface area contributed by atoms with E-state index in [4.69, 9.17) is 5.73 Å². The van der Waals surface area contributed by atoms with Crippen molar-refractivity contribution >= 4 is 11.7 Å². The van der Waals surface area contributed by atoms with Crippen LogP contribution in [0.3, 0.4) is 0 Å². The number of amides is 1. The highest BCUT2D eigenvalue weighted by molar-refractivity contribution is 5.98. The first-order valence-corrected chi connectivity index (χ1v) is 6.11. The summed E-state index contributed by atoms with van der Waals surface area (Å²) in [5.41, 5.74) is 6.16. The average Bonchev–Trinajstić information content (AvgIpc) is 2.61. The molecule has 1 aliphatic carbocycles. The largest absolute Gasteiger partial charge is 0.383 e. The van der Waals surface area contributed by atoms with Crippen molar-refractivity contribution in [3.8, 4) is 0 Å². The summed E-state index contributed by atoms with van der Waals surface area (Å²) >= 11 is 0. The van der Waals surface area contributed by atoms with Crippen molar-refractivity contribution in [2.45, 2.75) is 32.7 Å². The number of carbonyl (C=O) groups is 1. The number of rotatable bonds is 2. The van der Waals surface area contributed by atoms with Gasteiger partial charge in [-0.2, -0.15) is 0 Å². The predicted octanol–water partition coefficient (Wildman–Crippen LogP) is 1.83. The molecule has 1 heterocycles. The lowest BCUT2D eigenvalue weighted by atomic mass is 9.97. The summed E-state index contributed by atoms with van der Waals surface area (Å²) in [6.07, 6.45) is 3.81. The van der Waals surface area contributed by atoms with Gasteiger partial charge < -0.3 is 11.1 Å². The number of carbonyl (C=O) groups excluding carboxylic acids is 1. The molecule has 17 heavy (non-hydrogen) atoms. The van der Waals surface area contributed by atoms with Crippen molar-refractivity contribution in [1.82, 2.24) is 10.3 Å². The smallest absolute Gasteiger partial charge is 0.255 e. The molecule has 2 rings (SSSR count). The van der Waals surface area contributed by atoms with Gasteiger partial charge in [0.15, 0.2) is 0 Å². The zero-order valence-electron chi connectivity index (χ0n) is 10.3. The molecular formula is C13H19N3O. The molecule has 1 fully saturated rings. The number of nitrogens with two attached hydrogens (primary N) is 1. The molecule has 0 spiro atoms. The molecule has 1 saturated carbocycles. The molecule has 1 aromatic heterocycles. The first kappa shape index (κ1) is 11.9. The van der Waals surface area contributed by atoms with Crippen LogP contribution in [0.4, 0.5) is 5.82 Å². The summed E-state index contributed by atoms with van der Waals surface area (Å²) in [5, 5.41) is 3.06. The molecule has 1 aliphatic rings. The topological polar surface area (TPSA) is 68.0 Å². The van der Waals surface area contributed by atoms with E-state index in [1.54, 1.807) is 18.3 Å². The second kappa shape index (κ2) is 4.73. The van der Waals surface area contributed by atoms with Crippen molar-refractivity contribution in [3.63, 3.8) is 0 Å². The van der Waals surface area contributed by atoms with E-state index in [1.807, 2.05) is 0 Å². The quantitative estimate of drug-likeness (QED) is 0.818. The molecule has 1 amide bonds. The average molecular weight is 233 g/mol. The highest BCUT2D eigenvalue weighted by Crippen LogP contribution is 2.31. The monoisotopic (exact) mass is 233 g/mol. The number of pyridine rings is 1. The summed E-state index contributed by atoms with van der Waals surface area (Å²) < 4.78 is 0. The minimum Gasteiger partial charge on any atom is -0.383 e. The first-order chi connectivity index (χ1) is 8.09. The third-order valence-corrected chi connectivity index (χ3v) is 3.86. The van der Waals surface area contributed by atoms with E-state index < -0.39 is 0 Å². The van der Waals surface area contributed by atoms with Gasteiger partial charge in [0.05, 0.1) is 5.56 Å². The summed E-state index contributed by atoms with van der Waals surface area (Å²) in [5.74, 6) is 1.38. The Morgan fingerprint density at radius 1 is 1.47 bits per heavy atom. The van der Waals surface area contributed by atoms with E-state index in [1.165, 1.54) is 6.42 Å². The van der Waals surface area contributed by atoms with Gasteiger partial charge in [-0.3, -0.25) is 4.79 Å². The van der Waals surface area contributed by atoms with Gasteiger partial charge in [0.2, 0.25) is 0 Å². The molecule has 0 bridgehead atoms. The fourth-order valence-corrected chi connectivity index (χ4v) is 2.42. The Bertz CT molecular complexity index is 419. The lowest BCUT2D eigenvalue weighted by molar-refractivity contribution is 0.0928. The minimum absolute atomic E-state index is 0.110. The third-order valence-electron chi connectivity index (χ3n) is 3.86. The van der Waals surface area contributed by atoms with Crippen LogP contribution in [-0.4, -0.2) is 16.9 Å². The van der Waals surface area contributed by atoms with Crippen molar-refractivity contribution in [1.29, 1.82) is 0 Å². The van der Waals surface area contributed by atoms with Crippen LogP contribution in [0.5, 0.6) is 0 Å². The van der Waals surface area contributed by atoms with E-state index in [0.29, 0.717) is 23.2 Å². The number of hydrogen-bond acceptors (Lipinski definition) is 3. The van der Waals surface area contributed by atoms with Crippen molar-refractivity contribution < 1.29 is 4.79 Å². The zero-order valence-corrected chi connectivity index (χ0v) is 10.3. The van der Waals surface area contributed by atoms with Gasteiger partial charge in [-0.05, 0) is 36.8 Å². The van der Waals surface area contributed by atoms with Crippen LogP contribution in [0, 0.1) is 11.8 Å². The summed E-state index contributed by atoms with van der Waals surface area (Å²) in [6, 6.07) is 3.70. The summed E-state index contributed by atoms with van der Waals surface area (Å²) in [4.78, 5) is 16.0. The van der Waals surface area contributed by atoms with Gasteiger partial charge in [0.1, 0.15) is 5.82 Å². The number of nitrogens with one attached hydrogen (secondary N) is 1. The fraction of sp³-hybridized carbons (Fsp3) is 0.538. The molecule has 3 N–H and O–H groups in total. The molecular weight excluding hydrogens is 214 g/mol. The molecule has 4 heteroatoms. The molecule has 3 unspecified atom stereocenters. The van der Waals surface area contributed by atoms with Crippen LogP contribution in [0.15, 0.2) is 18.3 Å². The summed E-state index contributed by atoms with van der Waals surface area (Å²) in [6.45, 7) is 4.42. The number of nitrogens with zero attached hydrogens (tertiary/aromatic N) is 1. The van der Waals surface area contributed by atoms with Crippen molar-refractivity contribution in [2.24, 2.45) is 11.8 Å². The van der Waals surface area contributed by atoms with E-state index in [-0.39, 0.29) is 11.9 Å². The third kappa shape index (κ3) is 2.40. The molecule has 0 aliphatic heterocycles. The van der Waals surface area contributed by atoms with Gasteiger partial charge in [-0.1, -0.05) is 13.8 Å². The molecule has 92 valence electrons. The fourth-order valence-electron chi connectivity index (χ4n) is 2.42. The maximum atomic E-state index is 12.0. The molecule has 3 atom stereocenters. The van der Waals surface area contributed by atoms with Gasteiger partial charge in [0.25, 0.3) is 5.91 Å². The van der Waals surface area contributed by atoms with Gasteiger partial charge >= 0.3 is 0 Å². The molecule has 4 nitrogen and oxygen atoms in total. The lowest BCUT2D eigenvalue weighted by Crippen LogP contribution is -2.37.